The Morgan fingerprint density at radius 3 is 1.25 bits per heavy atom. The summed E-state index contributed by atoms with van der Waals surface area (Å²) in [6, 6.07) is 94.1. The lowest BCUT2D eigenvalue weighted by atomic mass is 9.94. The largest absolute Gasteiger partial charge is 0.309 e. The molecule has 0 aliphatic heterocycles. The summed E-state index contributed by atoms with van der Waals surface area (Å²) in [7, 11) is -2.88. The number of hydrogen-bond donors (Lipinski definition) is 0. The lowest BCUT2D eigenvalue weighted by Gasteiger charge is -2.35. The zero-order chi connectivity index (χ0) is 41.7. The van der Waals surface area contributed by atoms with Gasteiger partial charge < -0.3 is 9.13 Å². The van der Waals surface area contributed by atoms with Crippen LogP contribution in [-0.4, -0.2) is 17.2 Å². The molecular formula is C60H42N2Si. The van der Waals surface area contributed by atoms with Gasteiger partial charge in [-0.25, -0.2) is 0 Å². The summed E-state index contributed by atoms with van der Waals surface area (Å²) in [5, 5.41) is 10.5. The molecular weight excluding hydrogens is 777 g/mol. The van der Waals surface area contributed by atoms with Gasteiger partial charge in [0.25, 0.3) is 0 Å². The minimum absolute atomic E-state index is 1.13. The monoisotopic (exact) mass is 818 g/mol. The van der Waals surface area contributed by atoms with E-state index >= 15 is 0 Å². The van der Waals surface area contributed by atoms with E-state index in [4.69, 9.17) is 0 Å². The first-order valence-corrected chi connectivity index (χ1v) is 23.8. The van der Waals surface area contributed by atoms with Gasteiger partial charge in [0.15, 0.2) is 8.07 Å². The average molecular weight is 819 g/mol. The van der Waals surface area contributed by atoms with Crippen LogP contribution in [0.1, 0.15) is 0 Å². The van der Waals surface area contributed by atoms with Crippen LogP contribution in [0.25, 0.3) is 77.2 Å². The zero-order valence-electron chi connectivity index (χ0n) is 34.6. The first-order chi connectivity index (χ1) is 31.3. The molecule has 0 fully saturated rings. The van der Waals surface area contributed by atoms with Crippen molar-refractivity contribution in [2.45, 2.75) is 0 Å². The third kappa shape index (κ3) is 5.78. The molecule has 0 radical (unpaired) electrons. The molecule has 0 spiro atoms. The van der Waals surface area contributed by atoms with Gasteiger partial charge in [-0.2, -0.15) is 0 Å². The van der Waals surface area contributed by atoms with Gasteiger partial charge in [-0.15, -0.1) is 0 Å². The summed E-state index contributed by atoms with van der Waals surface area (Å²) in [4.78, 5) is 0. The molecule has 0 N–H and O–H groups in total. The number of benzene rings is 10. The molecule has 3 heteroatoms. The van der Waals surface area contributed by atoms with Crippen molar-refractivity contribution >= 4 is 72.4 Å². The molecule has 296 valence electrons. The molecule has 2 nitrogen and oxygen atoms in total. The number of rotatable bonds is 8. The van der Waals surface area contributed by atoms with E-state index in [0.717, 1.165) is 5.69 Å². The minimum Gasteiger partial charge on any atom is -0.309 e. The maximum atomic E-state index is 2.54. The maximum Gasteiger partial charge on any atom is 0.180 e. The van der Waals surface area contributed by atoms with Crippen LogP contribution < -0.4 is 20.7 Å². The van der Waals surface area contributed by atoms with Crippen LogP contribution in [0, 0.1) is 0 Å². The van der Waals surface area contributed by atoms with Crippen molar-refractivity contribution in [3.8, 4) is 33.6 Å². The lowest BCUT2D eigenvalue weighted by Crippen LogP contribution is -2.74. The molecule has 0 atom stereocenters. The molecule has 0 amide bonds. The Balaban J connectivity index is 1.11. The Morgan fingerprint density at radius 1 is 0.270 bits per heavy atom. The van der Waals surface area contributed by atoms with Gasteiger partial charge >= 0.3 is 0 Å². The summed E-state index contributed by atoms with van der Waals surface area (Å²) in [6.45, 7) is 0. The Bertz CT molecular complexity index is 3490. The summed E-state index contributed by atoms with van der Waals surface area (Å²) in [5.41, 5.74) is 11.9. The second kappa shape index (κ2) is 15.2. The third-order valence-corrected chi connectivity index (χ3v) is 17.9. The number of aromatic nitrogens is 2. The molecule has 0 aliphatic carbocycles. The van der Waals surface area contributed by atoms with Gasteiger partial charge in [-0.05, 0) is 85.5 Å². The van der Waals surface area contributed by atoms with Gasteiger partial charge in [-0.3, -0.25) is 0 Å². The number of para-hydroxylation sites is 2. The summed E-state index contributed by atoms with van der Waals surface area (Å²) < 4.78 is 4.98. The van der Waals surface area contributed by atoms with Crippen LogP contribution in [0.2, 0.25) is 0 Å². The molecule has 0 saturated carbocycles. The minimum atomic E-state index is -2.88. The molecule has 2 heterocycles. The van der Waals surface area contributed by atoms with E-state index < -0.39 is 8.07 Å². The highest BCUT2D eigenvalue weighted by Gasteiger charge is 2.43. The smallest absolute Gasteiger partial charge is 0.180 e. The Hall–Kier alpha value is -7.98. The number of hydrogen-bond acceptors (Lipinski definition) is 0. The zero-order valence-corrected chi connectivity index (χ0v) is 35.6. The van der Waals surface area contributed by atoms with Crippen molar-refractivity contribution in [3.63, 3.8) is 0 Å². The fraction of sp³-hybridized carbons (Fsp3) is 0. The normalized spacial score (nSPS) is 11.8. The van der Waals surface area contributed by atoms with E-state index in [-0.39, 0.29) is 0 Å². The first kappa shape index (κ1) is 36.8. The van der Waals surface area contributed by atoms with E-state index in [2.05, 4.69) is 264 Å². The second-order valence-electron chi connectivity index (χ2n) is 16.4. The van der Waals surface area contributed by atoms with Crippen LogP contribution in [0.5, 0.6) is 0 Å². The van der Waals surface area contributed by atoms with Crippen LogP contribution in [-0.2, 0) is 0 Å². The number of nitrogens with zero attached hydrogens (tertiary/aromatic N) is 2. The molecule has 63 heavy (non-hydrogen) atoms. The van der Waals surface area contributed by atoms with E-state index in [9.17, 15) is 0 Å². The number of fused-ring (bicyclic) bond motifs is 6. The molecule has 0 saturated heterocycles. The molecule has 0 aliphatic rings. The van der Waals surface area contributed by atoms with Crippen molar-refractivity contribution in [1.29, 1.82) is 0 Å². The van der Waals surface area contributed by atoms with Crippen molar-refractivity contribution in [3.05, 3.63) is 255 Å². The molecule has 2 aromatic heterocycles. The fourth-order valence-corrected chi connectivity index (χ4v) is 15.5. The average Bonchev–Trinajstić information content (AvgIpc) is 3.89. The standard InChI is InChI=1S/C60H42N2Si/c1-5-21-43(22-6-1)49-29-13-14-30-50(49)44-39-41-45(42-40-44)61-53-33-17-15-31-51(53)59-55(61)35-19-36-56(59)62-54-34-18-16-32-52(54)60-57(62)37-20-38-58(60)63(46-23-7-2-8-24-46,47-25-9-3-10-26-47)48-27-11-4-12-28-48/h1-42H. The molecule has 12 rings (SSSR count). The van der Waals surface area contributed by atoms with Gasteiger partial charge in [0.05, 0.1) is 27.8 Å². The maximum absolute atomic E-state index is 2.88. The van der Waals surface area contributed by atoms with Crippen molar-refractivity contribution < 1.29 is 0 Å². The quantitative estimate of drug-likeness (QED) is 0.107. The van der Waals surface area contributed by atoms with E-state index in [1.807, 2.05) is 0 Å². The van der Waals surface area contributed by atoms with Gasteiger partial charge in [0.1, 0.15) is 0 Å². The van der Waals surface area contributed by atoms with Crippen LogP contribution in [0.4, 0.5) is 0 Å². The summed E-state index contributed by atoms with van der Waals surface area (Å²) in [5.74, 6) is 0. The first-order valence-electron chi connectivity index (χ1n) is 21.8. The second-order valence-corrected chi connectivity index (χ2v) is 20.2. The van der Waals surface area contributed by atoms with Crippen LogP contribution in [0.3, 0.4) is 0 Å². The van der Waals surface area contributed by atoms with Crippen molar-refractivity contribution in [2.75, 3.05) is 0 Å². The van der Waals surface area contributed by atoms with Crippen molar-refractivity contribution in [2.24, 2.45) is 0 Å². The molecule has 0 unspecified atom stereocenters. The van der Waals surface area contributed by atoms with Gasteiger partial charge in [0.2, 0.25) is 0 Å². The van der Waals surface area contributed by atoms with Crippen molar-refractivity contribution in [1.82, 2.24) is 9.13 Å². The van der Waals surface area contributed by atoms with E-state index in [0.29, 0.717) is 0 Å². The molecule has 0 bridgehead atoms. The molecule has 10 aromatic carbocycles. The lowest BCUT2D eigenvalue weighted by molar-refractivity contribution is 1.17. The topological polar surface area (TPSA) is 9.86 Å². The highest BCUT2D eigenvalue weighted by molar-refractivity contribution is 7.20. The Kier molecular flexibility index (Phi) is 8.87. The summed E-state index contributed by atoms with van der Waals surface area (Å²) in [6.07, 6.45) is 0. The van der Waals surface area contributed by atoms with E-state index in [1.165, 1.54) is 92.3 Å². The Morgan fingerprint density at radius 2 is 0.683 bits per heavy atom. The SMILES string of the molecule is c1ccc(-c2ccccc2-c2ccc(-n3c4ccccc4c4c(-n5c6ccccc6c6c([Si](c7ccccc7)(c7ccccc7)c7ccccc7)cccc65)cccc43)cc2)cc1. The van der Waals surface area contributed by atoms with Gasteiger partial charge in [0, 0.05) is 27.2 Å². The predicted octanol–water partition coefficient (Wildman–Crippen LogP) is 12.6. The Labute approximate surface area is 368 Å². The predicted molar refractivity (Wildman–Crippen MR) is 270 cm³/mol. The van der Waals surface area contributed by atoms with E-state index in [1.54, 1.807) is 0 Å². The third-order valence-electron chi connectivity index (χ3n) is 13.1. The molecule has 12 aromatic rings. The van der Waals surface area contributed by atoms with Crippen LogP contribution in [0.15, 0.2) is 255 Å². The summed E-state index contributed by atoms with van der Waals surface area (Å²) >= 11 is 0. The van der Waals surface area contributed by atoms with Gasteiger partial charge in [-0.1, -0.05) is 212 Å². The highest BCUT2D eigenvalue weighted by Crippen LogP contribution is 2.41. The highest BCUT2D eigenvalue weighted by atomic mass is 28.3. The van der Waals surface area contributed by atoms with Crippen LogP contribution >= 0.6 is 0 Å². The fourth-order valence-electron chi connectivity index (χ4n) is 10.5.